The topological polar surface area (TPSA) is 30.5 Å². The van der Waals surface area contributed by atoms with Gasteiger partial charge in [-0.2, -0.15) is 0 Å². The molecule has 1 aromatic carbocycles. The Labute approximate surface area is 117 Å². The lowest BCUT2D eigenvalue weighted by molar-refractivity contribution is 0.199. The summed E-state index contributed by atoms with van der Waals surface area (Å²) < 4.78 is 10.7. The fraction of sp³-hybridized carbons (Fsp3) is 0.625. The summed E-state index contributed by atoms with van der Waals surface area (Å²) >= 11 is 0. The molecule has 0 amide bonds. The number of ether oxygens (including phenoxy) is 2. The van der Waals surface area contributed by atoms with Gasteiger partial charge in [0, 0.05) is 13.7 Å². The lowest BCUT2D eigenvalue weighted by Gasteiger charge is -2.07. The van der Waals surface area contributed by atoms with Crippen LogP contribution in [0.4, 0.5) is 0 Å². The highest BCUT2D eigenvalue weighted by Gasteiger charge is 1.95. The second-order valence-electron chi connectivity index (χ2n) is 4.69. The van der Waals surface area contributed by atoms with E-state index in [1.165, 1.54) is 12.0 Å². The number of methoxy groups -OCH3 is 1. The van der Waals surface area contributed by atoms with Crippen LogP contribution in [0, 0.1) is 0 Å². The number of hydrogen-bond donors (Lipinski definition) is 1. The number of unbranched alkanes of at least 4 members (excludes halogenated alkanes) is 1. The summed E-state index contributed by atoms with van der Waals surface area (Å²) in [4.78, 5) is 0. The molecule has 108 valence electrons. The van der Waals surface area contributed by atoms with Crippen molar-refractivity contribution >= 4 is 0 Å². The van der Waals surface area contributed by atoms with E-state index in [4.69, 9.17) is 9.47 Å². The quantitative estimate of drug-likeness (QED) is 0.624. The lowest BCUT2D eigenvalue weighted by Crippen LogP contribution is -2.20. The predicted molar refractivity (Wildman–Crippen MR) is 79.9 cm³/mol. The summed E-state index contributed by atoms with van der Waals surface area (Å²) in [5.74, 6) is 0.979. The first-order valence-electron chi connectivity index (χ1n) is 7.28. The van der Waals surface area contributed by atoms with Crippen LogP contribution >= 0.6 is 0 Å². The molecule has 0 bridgehead atoms. The van der Waals surface area contributed by atoms with Gasteiger partial charge in [-0.25, -0.2) is 0 Å². The van der Waals surface area contributed by atoms with Gasteiger partial charge in [-0.15, -0.1) is 0 Å². The number of nitrogens with one attached hydrogen (secondary N) is 1. The summed E-state index contributed by atoms with van der Waals surface area (Å²) in [5, 5.41) is 3.33. The summed E-state index contributed by atoms with van der Waals surface area (Å²) in [6.07, 6.45) is 4.55. The molecule has 19 heavy (non-hydrogen) atoms. The van der Waals surface area contributed by atoms with Gasteiger partial charge >= 0.3 is 0 Å². The van der Waals surface area contributed by atoms with Crippen LogP contribution in [0.1, 0.15) is 31.7 Å². The Morgan fingerprint density at radius 1 is 1.00 bits per heavy atom. The molecule has 0 fully saturated rings. The minimum Gasteiger partial charge on any atom is -0.494 e. The molecule has 1 aromatic rings. The Hall–Kier alpha value is -1.06. The largest absolute Gasteiger partial charge is 0.494 e. The van der Waals surface area contributed by atoms with Crippen LogP contribution < -0.4 is 10.1 Å². The molecular formula is C16H27NO2. The number of aryl methyl sites for hydroxylation is 1. The second kappa shape index (κ2) is 10.8. The maximum absolute atomic E-state index is 5.71. The standard InChI is InChI=1S/C16H27NO2/c1-3-6-15-7-9-16(10-8-15)19-13-5-4-11-17-12-14-18-2/h7-10,17H,3-6,11-14H2,1-2H3. The van der Waals surface area contributed by atoms with E-state index in [0.29, 0.717) is 0 Å². The highest BCUT2D eigenvalue weighted by atomic mass is 16.5. The van der Waals surface area contributed by atoms with Crippen molar-refractivity contribution in [3.05, 3.63) is 29.8 Å². The fourth-order valence-electron chi connectivity index (χ4n) is 1.88. The van der Waals surface area contributed by atoms with E-state index >= 15 is 0 Å². The SMILES string of the molecule is CCCc1ccc(OCCCCNCCOC)cc1. The molecule has 0 aromatic heterocycles. The molecule has 0 heterocycles. The van der Waals surface area contributed by atoms with Gasteiger partial charge in [0.2, 0.25) is 0 Å². The predicted octanol–water partition coefficient (Wildman–Crippen LogP) is 3.03. The molecule has 0 radical (unpaired) electrons. The maximum atomic E-state index is 5.71. The number of rotatable bonds is 11. The lowest BCUT2D eigenvalue weighted by atomic mass is 10.1. The van der Waals surface area contributed by atoms with Crippen molar-refractivity contribution < 1.29 is 9.47 Å². The summed E-state index contributed by atoms with van der Waals surface area (Å²) in [6.45, 7) is 5.73. The number of benzene rings is 1. The Balaban J connectivity index is 2.02. The van der Waals surface area contributed by atoms with Gasteiger partial charge in [-0.3, -0.25) is 0 Å². The molecule has 0 aliphatic carbocycles. The average molecular weight is 265 g/mol. The molecule has 0 unspecified atom stereocenters. The van der Waals surface area contributed by atoms with Crippen LogP contribution in [0.2, 0.25) is 0 Å². The van der Waals surface area contributed by atoms with E-state index in [1.54, 1.807) is 7.11 Å². The molecular weight excluding hydrogens is 238 g/mol. The smallest absolute Gasteiger partial charge is 0.119 e. The molecule has 3 nitrogen and oxygen atoms in total. The zero-order valence-electron chi connectivity index (χ0n) is 12.3. The van der Waals surface area contributed by atoms with E-state index in [2.05, 4.69) is 36.5 Å². The zero-order chi connectivity index (χ0) is 13.8. The van der Waals surface area contributed by atoms with Crippen LogP contribution in [-0.2, 0) is 11.2 Å². The van der Waals surface area contributed by atoms with Gasteiger partial charge < -0.3 is 14.8 Å². The Morgan fingerprint density at radius 3 is 2.47 bits per heavy atom. The Kier molecular flexibility index (Phi) is 9.11. The first-order chi connectivity index (χ1) is 9.36. The average Bonchev–Trinajstić information content (AvgIpc) is 2.44. The normalized spacial score (nSPS) is 10.6. The van der Waals surface area contributed by atoms with Crippen molar-refractivity contribution in [2.24, 2.45) is 0 Å². The Morgan fingerprint density at radius 2 is 1.79 bits per heavy atom. The van der Waals surface area contributed by atoms with E-state index in [9.17, 15) is 0 Å². The summed E-state index contributed by atoms with van der Waals surface area (Å²) in [7, 11) is 1.72. The second-order valence-corrected chi connectivity index (χ2v) is 4.69. The van der Waals surface area contributed by atoms with Crippen molar-refractivity contribution in [1.29, 1.82) is 0 Å². The van der Waals surface area contributed by atoms with Gasteiger partial charge in [0.15, 0.2) is 0 Å². The fourth-order valence-corrected chi connectivity index (χ4v) is 1.88. The van der Waals surface area contributed by atoms with Crippen molar-refractivity contribution in [2.75, 3.05) is 33.4 Å². The monoisotopic (exact) mass is 265 g/mol. The zero-order valence-corrected chi connectivity index (χ0v) is 12.3. The Bertz CT molecular complexity index is 311. The van der Waals surface area contributed by atoms with Gasteiger partial charge in [0.1, 0.15) is 5.75 Å². The van der Waals surface area contributed by atoms with Gasteiger partial charge in [0.25, 0.3) is 0 Å². The van der Waals surface area contributed by atoms with Crippen molar-refractivity contribution in [3.8, 4) is 5.75 Å². The molecule has 1 rings (SSSR count). The first-order valence-corrected chi connectivity index (χ1v) is 7.28. The van der Waals surface area contributed by atoms with Crippen LogP contribution in [0.5, 0.6) is 5.75 Å². The van der Waals surface area contributed by atoms with Crippen LogP contribution in [0.3, 0.4) is 0 Å². The first kappa shape index (κ1) is 16.0. The highest BCUT2D eigenvalue weighted by Crippen LogP contribution is 2.13. The molecule has 0 saturated heterocycles. The van der Waals surface area contributed by atoms with Crippen molar-refractivity contribution in [2.45, 2.75) is 32.6 Å². The highest BCUT2D eigenvalue weighted by molar-refractivity contribution is 5.27. The molecule has 3 heteroatoms. The third-order valence-corrected chi connectivity index (χ3v) is 2.96. The van der Waals surface area contributed by atoms with Crippen LogP contribution in [-0.4, -0.2) is 33.4 Å². The van der Waals surface area contributed by atoms with Gasteiger partial charge in [-0.05, 0) is 43.5 Å². The molecule has 0 atom stereocenters. The van der Waals surface area contributed by atoms with E-state index < -0.39 is 0 Å². The third kappa shape index (κ3) is 7.85. The molecule has 0 saturated carbocycles. The third-order valence-electron chi connectivity index (χ3n) is 2.96. The summed E-state index contributed by atoms with van der Waals surface area (Å²) in [5.41, 5.74) is 1.39. The summed E-state index contributed by atoms with van der Waals surface area (Å²) in [6, 6.07) is 8.46. The maximum Gasteiger partial charge on any atom is 0.119 e. The molecule has 0 aliphatic heterocycles. The van der Waals surface area contributed by atoms with Crippen molar-refractivity contribution in [1.82, 2.24) is 5.32 Å². The van der Waals surface area contributed by atoms with E-state index in [1.807, 2.05) is 0 Å². The van der Waals surface area contributed by atoms with E-state index in [-0.39, 0.29) is 0 Å². The van der Waals surface area contributed by atoms with Crippen LogP contribution in [0.15, 0.2) is 24.3 Å². The van der Waals surface area contributed by atoms with Crippen LogP contribution in [0.25, 0.3) is 0 Å². The van der Waals surface area contributed by atoms with Gasteiger partial charge in [0.05, 0.1) is 13.2 Å². The number of hydrogen-bond acceptors (Lipinski definition) is 3. The minimum atomic E-state index is 0.778. The van der Waals surface area contributed by atoms with Crippen molar-refractivity contribution in [3.63, 3.8) is 0 Å². The molecule has 0 aliphatic rings. The van der Waals surface area contributed by atoms with E-state index in [0.717, 1.165) is 51.3 Å². The molecule has 0 spiro atoms. The molecule has 1 N–H and O–H groups in total. The van der Waals surface area contributed by atoms with Gasteiger partial charge in [-0.1, -0.05) is 25.5 Å². The minimum absolute atomic E-state index is 0.778.